The molecule has 4 rings (SSSR count). The maximum atomic E-state index is 12.9. The molecule has 0 saturated heterocycles. The van der Waals surface area contributed by atoms with Crippen LogP contribution in [0.5, 0.6) is 0 Å². The number of rotatable bonds is 6. The van der Waals surface area contributed by atoms with E-state index in [1.54, 1.807) is 43.3 Å². The number of amides is 2. The van der Waals surface area contributed by atoms with E-state index in [9.17, 15) is 14.4 Å². The molecule has 0 unspecified atom stereocenters. The lowest BCUT2D eigenvalue weighted by atomic mass is 10.1. The fourth-order valence-electron chi connectivity index (χ4n) is 3.73. The summed E-state index contributed by atoms with van der Waals surface area (Å²) < 4.78 is 1.15. The predicted octanol–water partition coefficient (Wildman–Crippen LogP) is 3.83. The smallest absolute Gasteiger partial charge is 0.275 e. The highest BCUT2D eigenvalue weighted by molar-refractivity contribution is 6.03. The lowest BCUT2D eigenvalue weighted by Crippen LogP contribution is -2.31. The first-order chi connectivity index (χ1) is 15.9. The molecule has 1 heterocycles. The van der Waals surface area contributed by atoms with Gasteiger partial charge in [-0.15, -0.1) is 0 Å². The van der Waals surface area contributed by atoms with Gasteiger partial charge in [0.1, 0.15) is 6.54 Å². The van der Waals surface area contributed by atoms with E-state index >= 15 is 0 Å². The van der Waals surface area contributed by atoms with E-state index in [0.29, 0.717) is 22.3 Å². The van der Waals surface area contributed by atoms with Crippen molar-refractivity contribution in [3.8, 4) is 0 Å². The second-order valence-electron chi connectivity index (χ2n) is 7.79. The van der Waals surface area contributed by atoms with Crippen molar-refractivity contribution in [1.82, 2.24) is 15.1 Å². The number of carbonyl (C=O) groups is 2. The van der Waals surface area contributed by atoms with Crippen LogP contribution in [-0.2, 0) is 11.3 Å². The molecule has 1 atom stereocenters. The number of nitrogens with zero attached hydrogens (tertiary/aromatic N) is 2. The third-order valence-corrected chi connectivity index (χ3v) is 5.44. The minimum atomic E-state index is -0.448. The summed E-state index contributed by atoms with van der Waals surface area (Å²) >= 11 is 0. The molecule has 0 aliphatic heterocycles. The second-order valence-corrected chi connectivity index (χ2v) is 7.79. The third-order valence-electron chi connectivity index (χ3n) is 5.44. The van der Waals surface area contributed by atoms with Gasteiger partial charge in [-0.1, -0.05) is 60.7 Å². The molecule has 0 bridgehead atoms. The summed E-state index contributed by atoms with van der Waals surface area (Å²) in [7, 11) is 0. The molecule has 7 nitrogen and oxygen atoms in total. The molecule has 2 amide bonds. The number of aryl methyl sites for hydroxylation is 1. The van der Waals surface area contributed by atoms with Crippen LogP contribution in [0.15, 0.2) is 83.7 Å². The number of anilines is 1. The van der Waals surface area contributed by atoms with Gasteiger partial charge in [0.25, 0.3) is 11.5 Å². The first-order valence-electron chi connectivity index (χ1n) is 10.6. The van der Waals surface area contributed by atoms with E-state index in [1.165, 1.54) is 0 Å². The molecule has 0 aliphatic carbocycles. The number of hydrogen-bond donors (Lipinski definition) is 2. The van der Waals surface area contributed by atoms with E-state index in [1.807, 2.05) is 49.4 Å². The molecule has 1 aromatic heterocycles. The third kappa shape index (κ3) is 4.82. The first kappa shape index (κ1) is 22.0. The van der Waals surface area contributed by atoms with Crippen LogP contribution in [0.3, 0.4) is 0 Å². The number of benzene rings is 3. The molecule has 166 valence electrons. The Balaban J connectivity index is 1.52. The summed E-state index contributed by atoms with van der Waals surface area (Å²) in [6.45, 7) is 3.43. The van der Waals surface area contributed by atoms with Crippen molar-refractivity contribution in [3.05, 3.63) is 106 Å². The van der Waals surface area contributed by atoms with Crippen molar-refractivity contribution < 1.29 is 9.59 Å². The van der Waals surface area contributed by atoms with Crippen molar-refractivity contribution in [1.29, 1.82) is 0 Å². The van der Waals surface area contributed by atoms with E-state index in [0.717, 1.165) is 15.6 Å². The first-order valence-corrected chi connectivity index (χ1v) is 10.6. The van der Waals surface area contributed by atoms with Gasteiger partial charge in [0, 0.05) is 5.39 Å². The SMILES string of the molecule is Cc1nn(CC(=O)Nc2ccccc2C(=O)N[C@H](C)c2ccccc2)c(=O)c2ccccc12. The van der Waals surface area contributed by atoms with Crippen molar-refractivity contribution in [2.45, 2.75) is 26.4 Å². The summed E-state index contributed by atoms with van der Waals surface area (Å²) in [5, 5.41) is 11.2. The molecule has 0 spiro atoms. The molecule has 0 saturated carbocycles. The van der Waals surface area contributed by atoms with E-state index in [4.69, 9.17) is 0 Å². The molecule has 0 fully saturated rings. The number of hydrogen-bond acceptors (Lipinski definition) is 4. The summed E-state index contributed by atoms with van der Waals surface area (Å²) in [5.74, 6) is -0.755. The van der Waals surface area contributed by atoms with Crippen LogP contribution in [0.4, 0.5) is 5.69 Å². The molecule has 4 aromatic rings. The van der Waals surface area contributed by atoms with Crippen LogP contribution in [-0.4, -0.2) is 21.6 Å². The zero-order chi connectivity index (χ0) is 23.4. The summed E-state index contributed by atoms with van der Waals surface area (Å²) in [6, 6.07) is 23.3. The van der Waals surface area contributed by atoms with Gasteiger partial charge in [0.05, 0.1) is 28.4 Å². The van der Waals surface area contributed by atoms with E-state index in [2.05, 4.69) is 15.7 Å². The van der Waals surface area contributed by atoms with Gasteiger partial charge in [-0.3, -0.25) is 14.4 Å². The second kappa shape index (κ2) is 9.48. The minimum Gasteiger partial charge on any atom is -0.345 e. The predicted molar refractivity (Wildman–Crippen MR) is 128 cm³/mol. The molecule has 0 radical (unpaired) electrons. The fraction of sp³-hybridized carbons (Fsp3) is 0.154. The van der Waals surface area contributed by atoms with Crippen LogP contribution in [0, 0.1) is 6.92 Å². The Hall–Kier alpha value is -4.26. The van der Waals surface area contributed by atoms with Crippen LogP contribution < -0.4 is 16.2 Å². The fourth-order valence-corrected chi connectivity index (χ4v) is 3.73. The van der Waals surface area contributed by atoms with Crippen LogP contribution in [0.2, 0.25) is 0 Å². The average Bonchev–Trinajstić information content (AvgIpc) is 2.83. The highest BCUT2D eigenvalue weighted by Gasteiger charge is 2.17. The lowest BCUT2D eigenvalue weighted by molar-refractivity contribution is -0.117. The van der Waals surface area contributed by atoms with Gasteiger partial charge in [0.15, 0.2) is 0 Å². The normalized spacial score (nSPS) is 11.7. The topological polar surface area (TPSA) is 93.1 Å². The quantitative estimate of drug-likeness (QED) is 0.477. The number of aromatic nitrogens is 2. The summed E-state index contributed by atoms with van der Waals surface area (Å²) in [4.78, 5) is 38.4. The van der Waals surface area contributed by atoms with Crippen molar-refractivity contribution >= 4 is 28.3 Å². The van der Waals surface area contributed by atoms with Crippen LogP contribution in [0.25, 0.3) is 10.8 Å². The largest absolute Gasteiger partial charge is 0.345 e. The van der Waals surface area contributed by atoms with Crippen LogP contribution in [0.1, 0.15) is 34.6 Å². The highest BCUT2D eigenvalue weighted by atomic mass is 16.2. The molecule has 0 aliphatic rings. The van der Waals surface area contributed by atoms with Gasteiger partial charge in [-0.05, 0) is 37.6 Å². The maximum Gasteiger partial charge on any atom is 0.275 e. The van der Waals surface area contributed by atoms with Crippen molar-refractivity contribution in [3.63, 3.8) is 0 Å². The van der Waals surface area contributed by atoms with Gasteiger partial charge >= 0.3 is 0 Å². The minimum absolute atomic E-state index is 0.203. The Labute approximate surface area is 191 Å². The monoisotopic (exact) mass is 440 g/mol. The lowest BCUT2D eigenvalue weighted by Gasteiger charge is -2.16. The van der Waals surface area contributed by atoms with Gasteiger partial charge in [-0.2, -0.15) is 5.10 Å². The Morgan fingerprint density at radius 3 is 2.30 bits per heavy atom. The molecular formula is C26H24N4O3. The molecule has 33 heavy (non-hydrogen) atoms. The molecule has 3 aromatic carbocycles. The van der Waals surface area contributed by atoms with E-state index in [-0.39, 0.29) is 24.1 Å². The number of carbonyl (C=O) groups excluding carboxylic acids is 2. The van der Waals surface area contributed by atoms with Gasteiger partial charge in [-0.25, -0.2) is 4.68 Å². The number of para-hydroxylation sites is 1. The Morgan fingerprint density at radius 1 is 0.909 bits per heavy atom. The van der Waals surface area contributed by atoms with E-state index < -0.39 is 5.91 Å². The highest BCUT2D eigenvalue weighted by Crippen LogP contribution is 2.18. The Bertz CT molecular complexity index is 1380. The molecule has 2 N–H and O–H groups in total. The average molecular weight is 441 g/mol. The Kier molecular flexibility index (Phi) is 6.31. The van der Waals surface area contributed by atoms with Crippen molar-refractivity contribution in [2.24, 2.45) is 0 Å². The van der Waals surface area contributed by atoms with Crippen molar-refractivity contribution in [2.75, 3.05) is 5.32 Å². The standard InChI is InChI=1S/C26H24N4O3/c1-17(19-10-4-3-5-11-19)27-25(32)22-14-8-9-15-23(22)28-24(31)16-30-26(33)21-13-7-6-12-20(21)18(2)29-30/h3-15,17H,16H2,1-2H3,(H,27,32)(H,28,31)/t17-/m1/s1. The number of fused-ring (bicyclic) bond motifs is 1. The number of nitrogens with one attached hydrogen (secondary N) is 2. The van der Waals surface area contributed by atoms with Gasteiger partial charge in [0.2, 0.25) is 5.91 Å². The van der Waals surface area contributed by atoms with Crippen LogP contribution >= 0.6 is 0 Å². The molecule has 7 heteroatoms. The zero-order valence-electron chi connectivity index (χ0n) is 18.4. The summed E-state index contributed by atoms with van der Waals surface area (Å²) in [6.07, 6.45) is 0. The molecular weight excluding hydrogens is 416 g/mol. The zero-order valence-corrected chi connectivity index (χ0v) is 18.4. The van der Waals surface area contributed by atoms with Gasteiger partial charge < -0.3 is 10.6 Å². The maximum absolute atomic E-state index is 12.9. The summed E-state index contributed by atoms with van der Waals surface area (Å²) in [5.41, 5.74) is 2.00. The Morgan fingerprint density at radius 2 is 1.55 bits per heavy atom.